The van der Waals surface area contributed by atoms with Crippen molar-refractivity contribution in [3.63, 3.8) is 0 Å². The van der Waals surface area contributed by atoms with E-state index in [1.807, 2.05) is 6.92 Å². The topological polar surface area (TPSA) is 66.6 Å². The van der Waals surface area contributed by atoms with Gasteiger partial charge in [0.2, 0.25) is 11.8 Å². The predicted octanol–water partition coefficient (Wildman–Crippen LogP) is 0.651. The summed E-state index contributed by atoms with van der Waals surface area (Å²) in [6.07, 6.45) is 0. The van der Waals surface area contributed by atoms with Crippen LogP contribution in [0.15, 0.2) is 18.2 Å². The van der Waals surface area contributed by atoms with Crippen LogP contribution in [0.1, 0.15) is 18.1 Å². The molecule has 0 radical (unpaired) electrons. The van der Waals surface area contributed by atoms with Crippen molar-refractivity contribution in [3.8, 4) is 0 Å². The van der Waals surface area contributed by atoms with Crippen molar-refractivity contribution in [2.45, 2.75) is 13.5 Å². The van der Waals surface area contributed by atoms with Crippen molar-refractivity contribution >= 4 is 29.0 Å². The fraction of sp³-hybridized carbons (Fsp3) is 0.357. The van der Waals surface area contributed by atoms with Gasteiger partial charge in [0.05, 0.1) is 6.54 Å². The molecule has 0 saturated carbocycles. The highest BCUT2D eigenvalue weighted by Gasteiger charge is 2.29. The molecule has 0 atom stereocenters. The summed E-state index contributed by atoms with van der Waals surface area (Å²) >= 11 is 4.78. The number of rotatable bonds is 4. The van der Waals surface area contributed by atoms with Crippen molar-refractivity contribution < 1.29 is 14.0 Å². The Labute approximate surface area is 127 Å². The highest BCUT2D eigenvalue weighted by atomic mass is 32.1. The normalized spacial score (nSPS) is 15.5. The van der Waals surface area contributed by atoms with E-state index in [1.165, 1.54) is 15.9 Å². The highest BCUT2D eigenvalue weighted by Crippen LogP contribution is 2.17. The number of carbonyl (C=O) groups excluding carboxylic acids is 2. The summed E-state index contributed by atoms with van der Waals surface area (Å²) in [6.45, 7) is 2.33. The van der Waals surface area contributed by atoms with E-state index in [0.29, 0.717) is 12.1 Å². The number of likely N-dealkylation sites (N-methyl/N-ethyl adjacent to an activating group) is 1. The Morgan fingerprint density at radius 1 is 1.29 bits per heavy atom. The van der Waals surface area contributed by atoms with Crippen LogP contribution in [-0.2, 0) is 16.1 Å². The number of hydrogen-bond acceptors (Lipinski definition) is 3. The van der Waals surface area contributed by atoms with Gasteiger partial charge in [-0.3, -0.25) is 9.59 Å². The molecule has 5 nitrogen and oxygen atoms in total. The molecule has 0 bridgehead atoms. The van der Waals surface area contributed by atoms with Gasteiger partial charge in [0.25, 0.3) is 0 Å². The number of nitrogens with two attached hydrogens (primary N) is 1. The van der Waals surface area contributed by atoms with Crippen molar-refractivity contribution in [2.24, 2.45) is 5.73 Å². The lowest BCUT2D eigenvalue weighted by Gasteiger charge is -2.33. The second kappa shape index (κ2) is 6.17. The van der Waals surface area contributed by atoms with Crippen LogP contribution in [0.4, 0.5) is 4.39 Å². The Balaban J connectivity index is 2.19. The molecule has 1 saturated heterocycles. The Kier molecular flexibility index (Phi) is 4.52. The van der Waals surface area contributed by atoms with Crippen LogP contribution in [0.5, 0.6) is 0 Å². The molecule has 1 fully saturated rings. The highest BCUT2D eigenvalue weighted by molar-refractivity contribution is 7.80. The number of benzene rings is 1. The summed E-state index contributed by atoms with van der Waals surface area (Å²) in [4.78, 5) is 26.6. The van der Waals surface area contributed by atoms with Gasteiger partial charge < -0.3 is 15.5 Å². The van der Waals surface area contributed by atoms with Crippen LogP contribution >= 0.6 is 12.2 Å². The number of halogens is 1. The van der Waals surface area contributed by atoms with E-state index in [2.05, 4.69) is 0 Å². The predicted molar refractivity (Wildman–Crippen MR) is 80.0 cm³/mol. The Hall–Kier alpha value is -2.02. The molecule has 2 amide bonds. The van der Waals surface area contributed by atoms with Gasteiger partial charge in [0, 0.05) is 24.2 Å². The van der Waals surface area contributed by atoms with Gasteiger partial charge in [-0.05, 0) is 13.0 Å². The summed E-state index contributed by atoms with van der Waals surface area (Å²) in [6, 6.07) is 4.67. The average Bonchev–Trinajstić information content (AvgIpc) is 2.44. The lowest BCUT2D eigenvalue weighted by Crippen LogP contribution is -2.53. The summed E-state index contributed by atoms with van der Waals surface area (Å²) in [7, 11) is 0. The monoisotopic (exact) mass is 309 g/mol. The third-order valence-electron chi connectivity index (χ3n) is 3.44. The largest absolute Gasteiger partial charge is 0.389 e. The first kappa shape index (κ1) is 15.4. The van der Waals surface area contributed by atoms with E-state index in [1.54, 1.807) is 12.1 Å². The SMILES string of the molecule is CCN1CC(=O)N(Cc2cccc(C(N)=S)c2F)CC1=O. The number of amides is 2. The fourth-order valence-corrected chi connectivity index (χ4v) is 2.39. The van der Waals surface area contributed by atoms with Crippen LogP contribution in [0.2, 0.25) is 0 Å². The first-order valence-electron chi connectivity index (χ1n) is 6.56. The molecule has 1 aliphatic rings. The molecule has 0 unspecified atom stereocenters. The van der Waals surface area contributed by atoms with Crippen LogP contribution in [-0.4, -0.2) is 46.2 Å². The maximum atomic E-state index is 14.2. The number of piperazine rings is 1. The second-order valence-electron chi connectivity index (χ2n) is 4.80. The number of nitrogens with zero attached hydrogens (tertiary/aromatic N) is 2. The molecular formula is C14H16FN3O2S. The molecule has 1 heterocycles. The number of thiocarbonyl (C=S) groups is 1. The van der Waals surface area contributed by atoms with Gasteiger partial charge in [-0.2, -0.15) is 0 Å². The smallest absolute Gasteiger partial charge is 0.242 e. The van der Waals surface area contributed by atoms with E-state index >= 15 is 0 Å². The summed E-state index contributed by atoms with van der Waals surface area (Å²) < 4.78 is 14.2. The third kappa shape index (κ3) is 3.18. The lowest BCUT2D eigenvalue weighted by molar-refractivity contribution is -0.150. The molecule has 112 valence electrons. The molecule has 1 aromatic rings. The molecule has 7 heteroatoms. The molecule has 2 rings (SSSR count). The zero-order valence-electron chi connectivity index (χ0n) is 11.6. The van der Waals surface area contributed by atoms with Gasteiger partial charge in [-0.25, -0.2) is 4.39 Å². The fourth-order valence-electron chi connectivity index (χ4n) is 2.23. The molecule has 0 aliphatic carbocycles. The van der Waals surface area contributed by atoms with E-state index in [9.17, 15) is 14.0 Å². The lowest BCUT2D eigenvalue weighted by atomic mass is 10.1. The van der Waals surface area contributed by atoms with Crippen LogP contribution in [0.25, 0.3) is 0 Å². The minimum Gasteiger partial charge on any atom is -0.389 e. The zero-order valence-corrected chi connectivity index (χ0v) is 12.5. The molecular weight excluding hydrogens is 293 g/mol. The van der Waals surface area contributed by atoms with Gasteiger partial charge in [-0.15, -0.1) is 0 Å². The summed E-state index contributed by atoms with van der Waals surface area (Å²) in [5.41, 5.74) is 5.90. The number of hydrogen-bond donors (Lipinski definition) is 1. The Bertz CT molecular complexity index is 606. The third-order valence-corrected chi connectivity index (χ3v) is 3.66. The van der Waals surface area contributed by atoms with Gasteiger partial charge in [0.15, 0.2) is 0 Å². The van der Waals surface area contributed by atoms with E-state index in [-0.39, 0.29) is 42.0 Å². The first-order valence-corrected chi connectivity index (χ1v) is 6.97. The maximum Gasteiger partial charge on any atom is 0.242 e. The molecule has 1 aromatic carbocycles. The van der Waals surface area contributed by atoms with Gasteiger partial charge in [-0.1, -0.05) is 24.4 Å². The Morgan fingerprint density at radius 3 is 2.52 bits per heavy atom. The second-order valence-corrected chi connectivity index (χ2v) is 5.24. The maximum absolute atomic E-state index is 14.2. The summed E-state index contributed by atoms with van der Waals surface area (Å²) in [5, 5.41) is 0. The molecule has 0 spiro atoms. The van der Waals surface area contributed by atoms with E-state index < -0.39 is 5.82 Å². The Morgan fingerprint density at radius 2 is 1.90 bits per heavy atom. The van der Waals surface area contributed by atoms with Crippen LogP contribution in [0, 0.1) is 5.82 Å². The van der Waals surface area contributed by atoms with Crippen molar-refractivity contribution in [3.05, 3.63) is 35.1 Å². The average molecular weight is 309 g/mol. The first-order chi connectivity index (χ1) is 9.93. The standard InChI is InChI=1S/C14H16FN3O2S/c1-2-17-7-12(20)18(8-11(17)19)6-9-4-3-5-10(13(9)15)14(16)21/h3-5H,2,6-8H2,1H3,(H2,16,21). The van der Waals surface area contributed by atoms with Gasteiger partial charge in [0.1, 0.15) is 17.4 Å². The quantitative estimate of drug-likeness (QED) is 0.829. The summed E-state index contributed by atoms with van der Waals surface area (Å²) in [5.74, 6) is -0.872. The van der Waals surface area contributed by atoms with Crippen molar-refractivity contribution in [2.75, 3.05) is 19.6 Å². The van der Waals surface area contributed by atoms with Crippen LogP contribution < -0.4 is 5.73 Å². The molecule has 0 aromatic heterocycles. The zero-order chi connectivity index (χ0) is 15.6. The van der Waals surface area contributed by atoms with Crippen molar-refractivity contribution in [1.29, 1.82) is 0 Å². The minimum atomic E-state index is -0.539. The molecule has 2 N–H and O–H groups in total. The van der Waals surface area contributed by atoms with E-state index in [4.69, 9.17) is 18.0 Å². The van der Waals surface area contributed by atoms with Crippen LogP contribution in [0.3, 0.4) is 0 Å². The number of carbonyl (C=O) groups is 2. The van der Waals surface area contributed by atoms with Crippen molar-refractivity contribution in [1.82, 2.24) is 9.80 Å². The minimum absolute atomic E-state index is 0.0322. The van der Waals surface area contributed by atoms with Gasteiger partial charge >= 0.3 is 0 Å². The van der Waals surface area contributed by atoms with E-state index in [0.717, 1.165) is 0 Å². The molecule has 1 aliphatic heterocycles. The molecule has 21 heavy (non-hydrogen) atoms.